The minimum absolute atomic E-state index is 0.217. The first kappa shape index (κ1) is 18.3. The number of amides is 1. The smallest absolute Gasteiger partial charge is 0.275 e. The Morgan fingerprint density at radius 3 is 2.89 bits per heavy atom. The number of para-hydroxylation sites is 1. The van der Waals surface area contributed by atoms with Crippen molar-refractivity contribution in [3.05, 3.63) is 59.1 Å². The minimum atomic E-state index is -0.217. The average Bonchev–Trinajstić information content (AvgIpc) is 3.37. The summed E-state index contributed by atoms with van der Waals surface area (Å²) < 4.78 is 10.7. The van der Waals surface area contributed by atoms with Crippen molar-refractivity contribution in [3.63, 3.8) is 0 Å². The van der Waals surface area contributed by atoms with Crippen molar-refractivity contribution < 1.29 is 14.3 Å². The van der Waals surface area contributed by atoms with E-state index >= 15 is 0 Å². The Hall–Kier alpha value is -3.06. The molecule has 0 radical (unpaired) electrons. The summed E-state index contributed by atoms with van der Waals surface area (Å²) in [6, 6.07) is 13.5. The van der Waals surface area contributed by atoms with E-state index < -0.39 is 0 Å². The van der Waals surface area contributed by atoms with Crippen LogP contribution in [-0.4, -0.2) is 17.7 Å². The van der Waals surface area contributed by atoms with Crippen LogP contribution in [0.15, 0.2) is 47.8 Å². The zero-order valence-corrected chi connectivity index (χ0v) is 16.5. The number of carbonyl (C=O) groups is 1. The van der Waals surface area contributed by atoms with Crippen LogP contribution >= 0.6 is 11.3 Å². The minimum Gasteiger partial charge on any atom is -0.454 e. The number of hydrogen-bond donors (Lipinski definition) is 2. The van der Waals surface area contributed by atoms with E-state index in [-0.39, 0.29) is 12.7 Å². The van der Waals surface area contributed by atoms with Crippen molar-refractivity contribution in [2.24, 2.45) is 0 Å². The third-order valence-electron chi connectivity index (χ3n) is 4.71. The van der Waals surface area contributed by atoms with Crippen molar-refractivity contribution >= 4 is 33.8 Å². The van der Waals surface area contributed by atoms with Crippen LogP contribution in [0, 0.1) is 0 Å². The third kappa shape index (κ3) is 3.80. The van der Waals surface area contributed by atoms with Gasteiger partial charge in [0.15, 0.2) is 16.6 Å². The lowest BCUT2D eigenvalue weighted by Crippen LogP contribution is -2.14. The summed E-state index contributed by atoms with van der Waals surface area (Å²) in [6.45, 7) is 4.53. The summed E-state index contributed by atoms with van der Waals surface area (Å²) in [4.78, 5) is 17.1. The molecule has 0 bridgehead atoms. The van der Waals surface area contributed by atoms with Crippen molar-refractivity contribution in [3.8, 4) is 11.5 Å². The Morgan fingerprint density at radius 2 is 2.04 bits per heavy atom. The largest absolute Gasteiger partial charge is 0.454 e. The molecule has 4 rings (SSSR count). The van der Waals surface area contributed by atoms with Gasteiger partial charge in [-0.05, 0) is 36.1 Å². The Morgan fingerprint density at radius 1 is 1.21 bits per heavy atom. The molecule has 0 fully saturated rings. The number of ether oxygens (including phenoxy) is 2. The number of thiazole rings is 1. The fraction of sp³-hybridized carbons (Fsp3) is 0.238. The van der Waals surface area contributed by atoms with Gasteiger partial charge in [0.05, 0.1) is 0 Å². The Balaban J connectivity index is 1.46. The van der Waals surface area contributed by atoms with Crippen molar-refractivity contribution in [1.82, 2.24) is 4.98 Å². The lowest BCUT2D eigenvalue weighted by atomic mass is 9.97. The summed E-state index contributed by atoms with van der Waals surface area (Å²) in [6.07, 6.45) is 1.01. The van der Waals surface area contributed by atoms with Gasteiger partial charge >= 0.3 is 0 Å². The Labute approximate surface area is 167 Å². The molecule has 0 saturated heterocycles. The molecule has 2 heterocycles. The number of aromatic nitrogens is 1. The van der Waals surface area contributed by atoms with Gasteiger partial charge in [0.25, 0.3) is 5.91 Å². The number of hydrogen-bond acceptors (Lipinski definition) is 6. The van der Waals surface area contributed by atoms with Crippen LogP contribution in [-0.2, 0) is 0 Å². The van der Waals surface area contributed by atoms with Crippen molar-refractivity contribution in [2.45, 2.75) is 26.2 Å². The molecule has 144 valence electrons. The first-order valence-electron chi connectivity index (χ1n) is 9.16. The molecule has 1 amide bonds. The molecule has 6 nitrogen and oxygen atoms in total. The summed E-state index contributed by atoms with van der Waals surface area (Å²) in [5.41, 5.74) is 3.17. The van der Waals surface area contributed by atoms with Crippen LogP contribution in [0.3, 0.4) is 0 Å². The zero-order chi connectivity index (χ0) is 19.5. The molecule has 1 atom stereocenters. The van der Waals surface area contributed by atoms with Crippen LogP contribution in [0.25, 0.3) is 0 Å². The normalized spacial score (nSPS) is 13.2. The SMILES string of the molecule is CCC(C)c1ccccc1NC(=O)c1csc(Nc2ccc3c(c2)OCO3)n1. The number of nitrogens with zero attached hydrogens (tertiary/aromatic N) is 1. The van der Waals surface area contributed by atoms with E-state index in [1.54, 1.807) is 5.38 Å². The highest BCUT2D eigenvalue weighted by atomic mass is 32.1. The van der Waals surface area contributed by atoms with E-state index in [9.17, 15) is 4.79 Å². The number of anilines is 3. The maximum atomic E-state index is 12.7. The van der Waals surface area contributed by atoms with E-state index in [4.69, 9.17) is 9.47 Å². The second-order valence-electron chi connectivity index (χ2n) is 6.58. The lowest BCUT2D eigenvalue weighted by Gasteiger charge is -2.15. The molecular weight excluding hydrogens is 374 g/mol. The standard InChI is InChI=1S/C21H21N3O3S/c1-3-13(2)15-6-4-5-7-16(15)23-20(25)17-11-28-21(24-17)22-14-8-9-18-19(10-14)27-12-26-18/h4-11,13H,3,12H2,1-2H3,(H,22,24)(H,23,25). The molecule has 7 heteroatoms. The summed E-state index contributed by atoms with van der Waals surface area (Å²) in [7, 11) is 0. The van der Waals surface area contributed by atoms with Gasteiger partial charge < -0.3 is 20.1 Å². The first-order chi connectivity index (χ1) is 13.6. The predicted octanol–water partition coefficient (Wildman–Crippen LogP) is 5.38. The van der Waals surface area contributed by atoms with Crippen LogP contribution in [0.4, 0.5) is 16.5 Å². The Bertz CT molecular complexity index is 1000. The molecule has 1 unspecified atom stereocenters. The van der Waals surface area contributed by atoms with Gasteiger partial charge in [0, 0.05) is 22.8 Å². The van der Waals surface area contributed by atoms with Gasteiger partial charge in [0.2, 0.25) is 6.79 Å². The third-order valence-corrected chi connectivity index (χ3v) is 5.47. The average molecular weight is 395 g/mol. The maximum absolute atomic E-state index is 12.7. The molecule has 1 aliphatic rings. The van der Waals surface area contributed by atoms with Gasteiger partial charge in [-0.3, -0.25) is 4.79 Å². The predicted molar refractivity (Wildman–Crippen MR) is 111 cm³/mol. The molecule has 3 aromatic rings. The second kappa shape index (κ2) is 7.90. The quantitative estimate of drug-likeness (QED) is 0.586. The van der Waals surface area contributed by atoms with Gasteiger partial charge in [0.1, 0.15) is 5.69 Å². The number of nitrogens with one attached hydrogen (secondary N) is 2. The van der Waals surface area contributed by atoms with E-state index in [2.05, 4.69) is 35.5 Å². The number of benzene rings is 2. The van der Waals surface area contributed by atoms with Crippen LogP contribution in [0.1, 0.15) is 42.2 Å². The van der Waals surface area contributed by atoms with Crippen LogP contribution < -0.4 is 20.1 Å². The summed E-state index contributed by atoms with van der Waals surface area (Å²) in [5, 5.41) is 8.58. The van der Waals surface area contributed by atoms with Crippen LogP contribution in [0.5, 0.6) is 11.5 Å². The van der Waals surface area contributed by atoms with Crippen molar-refractivity contribution in [2.75, 3.05) is 17.4 Å². The molecule has 0 saturated carbocycles. The van der Waals surface area contributed by atoms with Gasteiger partial charge in [-0.15, -0.1) is 11.3 Å². The summed E-state index contributed by atoms with van der Waals surface area (Å²) >= 11 is 1.38. The Kier molecular flexibility index (Phi) is 5.16. The fourth-order valence-electron chi connectivity index (χ4n) is 2.98. The monoisotopic (exact) mass is 395 g/mol. The highest BCUT2D eigenvalue weighted by Gasteiger charge is 2.16. The first-order valence-corrected chi connectivity index (χ1v) is 10.0. The molecule has 2 N–H and O–H groups in total. The molecule has 0 spiro atoms. The molecule has 2 aromatic carbocycles. The summed E-state index contributed by atoms with van der Waals surface area (Å²) in [5.74, 6) is 1.58. The molecule has 28 heavy (non-hydrogen) atoms. The van der Waals surface area contributed by atoms with Gasteiger partial charge in [-0.25, -0.2) is 4.98 Å². The number of carbonyl (C=O) groups excluding carboxylic acids is 1. The van der Waals surface area contributed by atoms with E-state index in [1.807, 2.05) is 36.4 Å². The van der Waals surface area contributed by atoms with E-state index in [1.165, 1.54) is 11.3 Å². The van der Waals surface area contributed by atoms with E-state index in [0.29, 0.717) is 22.5 Å². The molecule has 0 aliphatic carbocycles. The van der Waals surface area contributed by atoms with E-state index in [0.717, 1.165) is 29.1 Å². The highest BCUT2D eigenvalue weighted by molar-refractivity contribution is 7.14. The second-order valence-corrected chi connectivity index (χ2v) is 7.44. The zero-order valence-electron chi connectivity index (χ0n) is 15.7. The maximum Gasteiger partial charge on any atom is 0.275 e. The molecule has 1 aliphatic heterocycles. The van der Waals surface area contributed by atoms with Gasteiger partial charge in [-0.1, -0.05) is 32.0 Å². The van der Waals surface area contributed by atoms with Crippen molar-refractivity contribution in [1.29, 1.82) is 0 Å². The fourth-order valence-corrected chi connectivity index (χ4v) is 3.69. The number of fused-ring (bicyclic) bond motifs is 1. The van der Waals surface area contributed by atoms with Gasteiger partial charge in [-0.2, -0.15) is 0 Å². The molecule has 1 aromatic heterocycles. The number of rotatable bonds is 6. The lowest BCUT2D eigenvalue weighted by molar-refractivity contribution is 0.102. The topological polar surface area (TPSA) is 72.5 Å². The highest BCUT2D eigenvalue weighted by Crippen LogP contribution is 2.35. The van der Waals surface area contributed by atoms with Crippen LogP contribution in [0.2, 0.25) is 0 Å². The molecular formula is C21H21N3O3S.